The SMILES string of the molecule is CC(C)(C)OC(=O)N1CCN(C(=N)N)CC1.CC(C)(C)OC(=O)N1CCNCC1.CSC(=N)N. The molecule has 0 aromatic rings. The lowest BCUT2D eigenvalue weighted by atomic mass is 10.2. The number of amides is 2. The highest BCUT2D eigenvalue weighted by molar-refractivity contribution is 8.13. The third kappa shape index (κ3) is 15.4. The molecule has 13 heteroatoms. The van der Waals surface area contributed by atoms with Crippen LogP contribution in [-0.2, 0) is 9.47 Å². The second kappa shape index (κ2) is 14.8. The molecule has 2 aliphatic heterocycles. The summed E-state index contributed by atoms with van der Waals surface area (Å²) in [7, 11) is 0. The number of amidine groups is 1. The van der Waals surface area contributed by atoms with Crippen molar-refractivity contribution >= 4 is 35.1 Å². The van der Waals surface area contributed by atoms with E-state index in [1.807, 2.05) is 41.5 Å². The summed E-state index contributed by atoms with van der Waals surface area (Å²) in [4.78, 5) is 28.3. The third-order valence-electron chi connectivity index (χ3n) is 4.26. The summed E-state index contributed by atoms with van der Waals surface area (Å²) in [6.45, 7) is 16.7. The number of nitrogens with zero attached hydrogens (tertiary/aromatic N) is 3. The number of carbonyl (C=O) groups excluding carboxylic acids is 2. The zero-order valence-electron chi connectivity index (χ0n) is 21.7. The lowest BCUT2D eigenvalue weighted by Gasteiger charge is -2.35. The maximum atomic E-state index is 11.7. The number of carbonyl (C=O) groups is 2. The van der Waals surface area contributed by atoms with Crippen molar-refractivity contribution in [3.63, 3.8) is 0 Å². The van der Waals surface area contributed by atoms with E-state index in [4.69, 9.17) is 31.8 Å². The van der Waals surface area contributed by atoms with Gasteiger partial charge in [-0.25, -0.2) is 9.59 Å². The quantitative estimate of drug-likeness (QED) is 0.242. The fraction of sp³-hybridized carbons (Fsp3) is 0.810. The van der Waals surface area contributed by atoms with E-state index in [-0.39, 0.29) is 28.9 Å². The summed E-state index contributed by atoms with van der Waals surface area (Å²) in [6.07, 6.45) is 1.27. The molecule has 2 heterocycles. The van der Waals surface area contributed by atoms with Gasteiger partial charge in [0.15, 0.2) is 11.1 Å². The Morgan fingerprint density at radius 1 is 0.765 bits per heavy atom. The second-order valence-electron chi connectivity index (χ2n) is 9.63. The summed E-state index contributed by atoms with van der Waals surface area (Å²) in [5.41, 5.74) is 9.35. The van der Waals surface area contributed by atoms with Crippen molar-refractivity contribution in [1.82, 2.24) is 20.0 Å². The van der Waals surface area contributed by atoms with Crippen LogP contribution >= 0.6 is 11.8 Å². The van der Waals surface area contributed by atoms with E-state index in [1.54, 1.807) is 21.0 Å². The molecule has 198 valence electrons. The number of hydrogen-bond acceptors (Lipinski definition) is 8. The number of ether oxygens (including phenoxy) is 2. The zero-order chi connectivity index (χ0) is 26.5. The number of rotatable bonds is 0. The fourth-order valence-electron chi connectivity index (χ4n) is 2.63. The van der Waals surface area contributed by atoms with Gasteiger partial charge in [0.05, 0.1) is 0 Å². The Morgan fingerprint density at radius 2 is 1.09 bits per heavy atom. The number of guanidine groups is 1. The molecular formula is C21H44N8O4S. The van der Waals surface area contributed by atoms with E-state index in [0.717, 1.165) is 26.2 Å². The first-order chi connectivity index (χ1) is 15.6. The molecule has 0 radical (unpaired) electrons. The minimum Gasteiger partial charge on any atom is -0.444 e. The first-order valence-electron chi connectivity index (χ1n) is 11.2. The number of thioether (sulfide) groups is 1. The fourth-order valence-corrected chi connectivity index (χ4v) is 2.63. The van der Waals surface area contributed by atoms with Crippen LogP contribution in [0.1, 0.15) is 41.5 Å². The molecule has 0 aliphatic carbocycles. The molecule has 12 nitrogen and oxygen atoms in total. The zero-order valence-corrected chi connectivity index (χ0v) is 22.5. The van der Waals surface area contributed by atoms with Crippen LogP contribution in [0.4, 0.5) is 9.59 Å². The Balaban J connectivity index is 0.000000543. The van der Waals surface area contributed by atoms with Crippen LogP contribution in [0.2, 0.25) is 0 Å². The molecule has 7 N–H and O–H groups in total. The predicted molar refractivity (Wildman–Crippen MR) is 137 cm³/mol. The van der Waals surface area contributed by atoms with Crippen molar-refractivity contribution in [2.45, 2.75) is 52.7 Å². The molecule has 2 amide bonds. The number of nitrogens with one attached hydrogen (secondary N) is 3. The Bertz CT molecular complexity index is 665. The maximum Gasteiger partial charge on any atom is 0.410 e. The Kier molecular flexibility index (Phi) is 13.7. The molecule has 2 rings (SSSR count). The van der Waals surface area contributed by atoms with Crippen LogP contribution in [0, 0.1) is 10.8 Å². The Morgan fingerprint density at radius 3 is 1.38 bits per heavy atom. The van der Waals surface area contributed by atoms with Gasteiger partial charge in [-0.05, 0) is 47.8 Å². The van der Waals surface area contributed by atoms with Gasteiger partial charge in [0.2, 0.25) is 0 Å². The van der Waals surface area contributed by atoms with Crippen LogP contribution in [0.15, 0.2) is 0 Å². The van der Waals surface area contributed by atoms with Crippen LogP contribution in [0.25, 0.3) is 0 Å². The Labute approximate surface area is 208 Å². The molecular weight excluding hydrogens is 460 g/mol. The topological polar surface area (TPSA) is 174 Å². The maximum absolute atomic E-state index is 11.7. The molecule has 0 unspecified atom stereocenters. The van der Waals surface area contributed by atoms with Gasteiger partial charge in [-0.1, -0.05) is 11.8 Å². The number of nitrogens with two attached hydrogens (primary N) is 2. The largest absolute Gasteiger partial charge is 0.444 e. The Hall–Kier alpha value is -2.41. The summed E-state index contributed by atoms with van der Waals surface area (Å²) >= 11 is 1.24. The van der Waals surface area contributed by atoms with Gasteiger partial charge in [-0.3, -0.25) is 10.8 Å². The van der Waals surface area contributed by atoms with Crippen molar-refractivity contribution in [2.75, 3.05) is 58.6 Å². The summed E-state index contributed by atoms with van der Waals surface area (Å²) in [6, 6.07) is 0. The van der Waals surface area contributed by atoms with Crippen molar-refractivity contribution in [1.29, 1.82) is 10.8 Å². The molecule has 0 aromatic heterocycles. The van der Waals surface area contributed by atoms with E-state index in [2.05, 4.69) is 5.32 Å². The van der Waals surface area contributed by atoms with E-state index < -0.39 is 5.60 Å². The average Bonchev–Trinajstić information content (AvgIpc) is 2.73. The van der Waals surface area contributed by atoms with Gasteiger partial charge in [0, 0.05) is 52.4 Å². The van der Waals surface area contributed by atoms with E-state index in [9.17, 15) is 9.59 Å². The van der Waals surface area contributed by atoms with E-state index in [0.29, 0.717) is 26.2 Å². The molecule has 0 saturated carbocycles. The van der Waals surface area contributed by atoms with Gasteiger partial charge in [0.25, 0.3) is 0 Å². The molecule has 2 saturated heterocycles. The standard InChI is InChI=1S/C10H20N4O2.C9H18N2O2.C2H6N2S/c1-10(2,3)16-9(15)14-6-4-13(5-7-14)8(11)12;1-9(2,3)13-8(12)11-6-4-10-5-7-11;1-5-2(3)4/h4-7H2,1-3H3,(H3,11,12);10H,4-7H2,1-3H3;1H3,(H3,3,4). The molecule has 2 fully saturated rings. The number of piperazine rings is 2. The summed E-state index contributed by atoms with van der Waals surface area (Å²) in [5.74, 6) is 0.0591. The highest BCUT2D eigenvalue weighted by Gasteiger charge is 2.26. The molecule has 0 spiro atoms. The van der Waals surface area contributed by atoms with E-state index in [1.165, 1.54) is 11.8 Å². The predicted octanol–water partition coefficient (Wildman–Crippen LogP) is 1.50. The van der Waals surface area contributed by atoms with Crippen LogP contribution in [0.3, 0.4) is 0 Å². The van der Waals surface area contributed by atoms with Gasteiger partial charge in [-0.15, -0.1) is 0 Å². The van der Waals surface area contributed by atoms with Crippen LogP contribution < -0.4 is 16.8 Å². The highest BCUT2D eigenvalue weighted by Crippen LogP contribution is 2.12. The van der Waals surface area contributed by atoms with Gasteiger partial charge in [-0.2, -0.15) is 0 Å². The minimum atomic E-state index is -0.463. The van der Waals surface area contributed by atoms with Gasteiger partial charge < -0.3 is 41.0 Å². The minimum absolute atomic E-state index is 0.0591. The van der Waals surface area contributed by atoms with E-state index >= 15 is 0 Å². The van der Waals surface area contributed by atoms with Gasteiger partial charge >= 0.3 is 12.2 Å². The third-order valence-corrected chi connectivity index (χ3v) is 4.70. The molecule has 34 heavy (non-hydrogen) atoms. The summed E-state index contributed by atoms with van der Waals surface area (Å²) in [5, 5.41) is 17.1. The van der Waals surface area contributed by atoms with Crippen molar-refractivity contribution in [3.05, 3.63) is 0 Å². The van der Waals surface area contributed by atoms with Crippen LogP contribution in [-0.4, -0.2) is 108 Å². The molecule has 0 aromatic carbocycles. The summed E-state index contributed by atoms with van der Waals surface area (Å²) < 4.78 is 10.5. The van der Waals surface area contributed by atoms with Crippen molar-refractivity contribution in [3.8, 4) is 0 Å². The lowest BCUT2D eigenvalue weighted by Crippen LogP contribution is -2.53. The normalized spacial score (nSPS) is 16.3. The van der Waals surface area contributed by atoms with Gasteiger partial charge in [0.1, 0.15) is 11.2 Å². The molecule has 0 bridgehead atoms. The van der Waals surface area contributed by atoms with Crippen LogP contribution in [0.5, 0.6) is 0 Å². The van der Waals surface area contributed by atoms with Crippen molar-refractivity contribution < 1.29 is 19.1 Å². The first kappa shape index (κ1) is 31.6. The molecule has 0 atom stereocenters. The second-order valence-corrected chi connectivity index (χ2v) is 10.5. The lowest BCUT2D eigenvalue weighted by molar-refractivity contribution is 0.0184. The number of hydrogen-bond donors (Lipinski definition) is 5. The average molecular weight is 505 g/mol. The molecule has 2 aliphatic rings. The smallest absolute Gasteiger partial charge is 0.410 e. The highest BCUT2D eigenvalue weighted by atomic mass is 32.2. The van der Waals surface area contributed by atoms with Crippen molar-refractivity contribution in [2.24, 2.45) is 11.5 Å². The first-order valence-corrected chi connectivity index (χ1v) is 12.4. The monoisotopic (exact) mass is 504 g/mol.